The van der Waals surface area contributed by atoms with E-state index in [2.05, 4.69) is 20.6 Å². The lowest BCUT2D eigenvalue weighted by Gasteiger charge is -2.14. The van der Waals surface area contributed by atoms with Crippen molar-refractivity contribution in [2.45, 2.75) is 12.7 Å². The van der Waals surface area contributed by atoms with Crippen molar-refractivity contribution in [1.29, 1.82) is 0 Å². The van der Waals surface area contributed by atoms with Crippen molar-refractivity contribution in [2.75, 3.05) is 5.32 Å². The molecule has 1 amide bonds. The molecule has 0 aliphatic heterocycles. The molecule has 10 heteroatoms. The fourth-order valence-electron chi connectivity index (χ4n) is 2.43. The molecule has 2 N–H and O–H groups in total. The Morgan fingerprint density at radius 2 is 1.83 bits per heavy atom. The molecule has 0 atom stereocenters. The first-order valence-electron chi connectivity index (χ1n) is 8.22. The monoisotopic (exact) mass is 440 g/mol. The van der Waals surface area contributed by atoms with Gasteiger partial charge in [0.15, 0.2) is 5.69 Å². The fourth-order valence-corrected chi connectivity index (χ4v) is 2.82. The van der Waals surface area contributed by atoms with Gasteiger partial charge in [-0.3, -0.25) is 4.79 Å². The second-order valence-corrected chi connectivity index (χ2v) is 6.71. The maximum Gasteiger partial charge on any atom is 0.434 e. The van der Waals surface area contributed by atoms with E-state index in [0.29, 0.717) is 21.3 Å². The summed E-state index contributed by atoms with van der Waals surface area (Å²) in [5, 5.41) is 5.82. The molecule has 5 nitrogen and oxygen atoms in total. The predicted octanol–water partition coefficient (Wildman–Crippen LogP) is 5.48. The number of hydrogen-bond donors (Lipinski definition) is 2. The smallest absolute Gasteiger partial charge is 0.348 e. The molecule has 0 spiro atoms. The third-order valence-electron chi connectivity index (χ3n) is 3.78. The van der Waals surface area contributed by atoms with Gasteiger partial charge in [0.1, 0.15) is 0 Å². The van der Waals surface area contributed by atoms with Gasteiger partial charge >= 0.3 is 6.18 Å². The number of rotatable bonds is 5. The topological polar surface area (TPSA) is 66.9 Å². The van der Waals surface area contributed by atoms with Crippen molar-refractivity contribution in [2.24, 2.45) is 0 Å². The van der Waals surface area contributed by atoms with Gasteiger partial charge in [0.25, 0.3) is 5.91 Å². The molecular weight excluding hydrogens is 428 g/mol. The summed E-state index contributed by atoms with van der Waals surface area (Å²) >= 11 is 11.8. The average Bonchev–Trinajstić information content (AvgIpc) is 2.66. The van der Waals surface area contributed by atoms with Crippen LogP contribution in [0.3, 0.4) is 0 Å². The normalized spacial score (nSPS) is 11.2. The van der Waals surface area contributed by atoms with Crippen LogP contribution >= 0.6 is 23.2 Å². The number of nitrogens with zero attached hydrogens (tertiary/aromatic N) is 2. The van der Waals surface area contributed by atoms with Gasteiger partial charge in [-0.1, -0.05) is 47.5 Å². The van der Waals surface area contributed by atoms with Crippen LogP contribution in [0.5, 0.6) is 0 Å². The first-order chi connectivity index (χ1) is 13.7. The zero-order valence-corrected chi connectivity index (χ0v) is 16.1. The Morgan fingerprint density at radius 3 is 2.52 bits per heavy atom. The number of alkyl halides is 3. The van der Waals surface area contributed by atoms with E-state index >= 15 is 0 Å². The van der Waals surface area contributed by atoms with Gasteiger partial charge in [0.05, 0.1) is 5.56 Å². The van der Waals surface area contributed by atoms with Crippen molar-refractivity contribution in [3.8, 4) is 0 Å². The van der Waals surface area contributed by atoms with Crippen LogP contribution in [0.15, 0.2) is 54.7 Å². The van der Waals surface area contributed by atoms with Crippen molar-refractivity contribution in [3.63, 3.8) is 0 Å². The number of hydrogen-bond acceptors (Lipinski definition) is 4. The number of halogens is 5. The van der Waals surface area contributed by atoms with Crippen molar-refractivity contribution in [1.82, 2.24) is 15.3 Å². The Balaban J connectivity index is 1.84. The summed E-state index contributed by atoms with van der Waals surface area (Å²) in [5.41, 5.74) is -1.08. The number of carbonyl (C=O) groups excluding carboxylic acids is 1. The molecule has 0 saturated heterocycles. The third-order valence-corrected chi connectivity index (χ3v) is 4.38. The molecule has 3 rings (SSSR count). The molecule has 1 aromatic heterocycles. The van der Waals surface area contributed by atoms with Gasteiger partial charge in [0, 0.05) is 28.5 Å². The summed E-state index contributed by atoms with van der Waals surface area (Å²) in [7, 11) is 0. The Morgan fingerprint density at radius 1 is 1.07 bits per heavy atom. The molecule has 0 aliphatic carbocycles. The van der Waals surface area contributed by atoms with E-state index in [4.69, 9.17) is 23.2 Å². The van der Waals surface area contributed by atoms with Crippen molar-refractivity contribution < 1.29 is 18.0 Å². The molecule has 29 heavy (non-hydrogen) atoms. The summed E-state index contributed by atoms with van der Waals surface area (Å²) in [6, 6.07) is 13.0. The number of carbonyl (C=O) groups is 1. The molecule has 0 saturated carbocycles. The van der Waals surface area contributed by atoms with Crippen LogP contribution in [0.4, 0.5) is 24.8 Å². The van der Waals surface area contributed by atoms with Gasteiger partial charge < -0.3 is 10.6 Å². The Hall–Kier alpha value is -2.84. The van der Waals surface area contributed by atoms with Crippen LogP contribution < -0.4 is 10.6 Å². The molecule has 150 valence electrons. The van der Waals surface area contributed by atoms with Crippen LogP contribution in [0.25, 0.3) is 0 Å². The Kier molecular flexibility index (Phi) is 6.24. The zero-order valence-electron chi connectivity index (χ0n) is 14.6. The zero-order chi connectivity index (χ0) is 21.0. The summed E-state index contributed by atoms with van der Waals surface area (Å²) in [4.78, 5) is 19.6. The van der Waals surface area contributed by atoms with Crippen molar-refractivity contribution >= 4 is 40.7 Å². The first kappa shape index (κ1) is 20.9. The minimum atomic E-state index is -4.86. The quantitative estimate of drug-likeness (QED) is 0.551. The van der Waals surface area contributed by atoms with E-state index in [-0.39, 0.29) is 12.5 Å². The van der Waals surface area contributed by atoms with Crippen LogP contribution in [-0.2, 0) is 12.7 Å². The molecule has 0 unspecified atom stereocenters. The van der Waals surface area contributed by atoms with Gasteiger partial charge in [-0.05, 0) is 29.8 Å². The average molecular weight is 441 g/mol. The van der Waals surface area contributed by atoms with E-state index in [1.165, 1.54) is 6.07 Å². The number of benzene rings is 2. The highest BCUT2D eigenvalue weighted by Crippen LogP contribution is 2.31. The standard InChI is InChI=1S/C19H13Cl2F3N4O/c20-12-5-3-6-13(8-12)27-18-26-10-14(16(28-18)19(22,23)24)17(29)25-9-11-4-1-2-7-15(11)21/h1-8,10H,9H2,(H,25,29)(H,26,27,28). The fraction of sp³-hybridized carbons (Fsp3) is 0.105. The SMILES string of the molecule is O=C(NCc1ccccc1Cl)c1cnc(Nc2cccc(Cl)c2)nc1C(F)(F)F. The van der Waals surface area contributed by atoms with Crippen LogP contribution in [0, 0.1) is 0 Å². The third kappa shape index (κ3) is 5.36. The van der Waals surface area contributed by atoms with E-state index in [1.54, 1.807) is 42.5 Å². The number of aromatic nitrogens is 2. The molecule has 0 fully saturated rings. The molecule has 0 aliphatic rings. The predicted molar refractivity (Wildman–Crippen MR) is 104 cm³/mol. The minimum absolute atomic E-state index is 0.0433. The Bertz CT molecular complexity index is 1040. The van der Waals surface area contributed by atoms with Gasteiger partial charge in [-0.15, -0.1) is 0 Å². The second-order valence-electron chi connectivity index (χ2n) is 5.86. The molecular formula is C19H13Cl2F3N4O. The summed E-state index contributed by atoms with van der Waals surface area (Å²) in [5.74, 6) is -1.28. The maximum absolute atomic E-state index is 13.5. The van der Waals surface area contributed by atoms with Crippen LogP contribution in [0.2, 0.25) is 10.0 Å². The highest BCUT2D eigenvalue weighted by Gasteiger charge is 2.38. The van der Waals surface area contributed by atoms with E-state index < -0.39 is 23.3 Å². The largest absolute Gasteiger partial charge is 0.434 e. The lowest BCUT2D eigenvalue weighted by Crippen LogP contribution is -2.27. The second kappa shape index (κ2) is 8.67. The van der Waals surface area contributed by atoms with E-state index in [0.717, 1.165) is 6.20 Å². The molecule has 1 heterocycles. The molecule has 3 aromatic rings. The lowest BCUT2D eigenvalue weighted by atomic mass is 10.2. The molecule has 2 aromatic carbocycles. The van der Waals surface area contributed by atoms with Crippen LogP contribution in [-0.4, -0.2) is 15.9 Å². The first-order valence-corrected chi connectivity index (χ1v) is 8.98. The summed E-state index contributed by atoms with van der Waals surface area (Å²) in [6.45, 7) is -0.0433. The lowest BCUT2D eigenvalue weighted by molar-refractivity contribution is -0.141. The summed E-state index contributed by atoms with van der Waals surface area (Å²) in [6.07, 6.45) is -4.03. The van der Waals surface area contributed by atoms with E-state index in [1.807, 2.05) is 0 Å². The van der Waals surface area contributed by atoms with Gasteiger partial charge in [0.2, 0.25) is 5.95 Å². The van der Waals surface area contributed by atoms with Gasteiger partial charge in [-0.2, -0.15) is 13.2 Å². The number of nitrogens with one attached hydrogen (secondary N) is 2. The highest BCUT2D eigenvalue weighted by atomic mass is 35.5. The van der Waals surface area contributed by atoms with Crippen LogP contribution in [0.1, 0.15) is 21.6 Å². The molecule has 0 radical (unpaired) electrons. The van der Waals surface area contributed by atoms with Gasteiger partial charge in [-0.25, -0.2) is 9.97 Å². The summed E-state index contributed by atoms with van der Waals surface area (Å²) < 4.78 is 40.4. The maximum atomic E-state index is 13.5. The minimum Gasteiger partial charge on any atom is -0.348 e. The Labute approximate surface area is 173 Å². The highest BCUT2D eigenvalue weighted by molar-refractivity contribution is 6.31. The molecule has 0 bridgehead atoms. The number of amides is 1. The van der Waals surface area contributed by atoms with Crippen molar-refractivity contribution in [3.05, 3.63) is 81.6 Å². The van der Waals surface area contributed by atoms with E-state index in [9.17, 15) is 18.0 Å². The number of anilines is 2.